The van der Waals surface area contributed by atoms with Crippen LogP contribution in [0.25, 0.3) is 22.3 Å². The van der Waals surface area contributed by atoms with Gasteiger partial charge in [0.25, 0.3) is 0 Å². The Morgan fingerprint density at radius 3 is 2.44 bits per heavy atom. The van der Waals surface area contributed by atoms with Gasteiger partial charge in [0.2, 0.25) is 0 Å². The van der Waals surface area contributed by atoms with Gasteiger partial charge in [-0.2, -0.15) is 5.10 Å². The molecule has 2 aromatic carbocycles. The summed E-state index contributed by atoms with van der Waals surface area (Å²) < 4.78 is 8.10. The van der Waals surface area contributed by atoms with Crippen LogP contribution in [0.1, 0.15) is 25.3 Å². The van der Waals surface area contributed by atoms with E-state index in [1.165, 1.54) is 32.6 Å². The fourth-order valence-electron chi connectivity index (χ4n) is 6.40. The van der Waals surface area contributed by atoms with Gasteiger partial charge in [-0.15, -0.1) is 0 Å². The van der Waals surface area contributed by atoms with Crippen LogP contribution in [-0.4, -0.2) is 68.8 Å². The van der Waals surface area contributed by atoms with Crippen molar-refractivity contribution in [2.75, 3.05) is 39.0 Å². The monoisotopic (exact) mass is 481 g/mol. The van der Waals surface area contributed by atoms with Crippen LogP contribution in [0, 0.1) is 5.41 Å². The van der Waals surface area contributed by atoms with Gasteiger partial charge >= 0.3 is 0 Å². The first kappa shape index (κ1) is 21.8. The molecule has 2 saturated heterocycles. The van der Waals surface area contributed by atoms with Crippen molar-refractivity contribution in [3.05, 3.63) is 60.9 Å². The smallest absolute Gasteiger partial charge is 0.164 e. The van der Waals surface area contributed by atoms with Crippen LogP contribution < -0.4 is 10.5 Å². The molecular weight excluding hydrogens is 450 g/mol. The summed E-state index contributed by atoms with van der Waals surface area (Å²) >= 11 is 0. The molecule has 8 nitrogen and oxygen atoms in total. The third-order valence-electron chi connectivity index (χ3n) is 8.29. The van der Waals surface area contributed by atoms with Crippen molar-refractivity contribution in [1.82, 2.24) is 29.5 Å². The highest BCUT2D eigenvalue weighted by atomic mass is 16.5. The second-order valence-corrected chi connectivity index (χ2v) is 10.9. The number of hydrogen-bond donors (Lipinski definition) is 1. The van der Waals surface area contributed by atoms with Crippen molar-refractivity contribution in [3.8, 4) is 22.8 Å². The number of hydrogen-bond acceptors (Lipinski definition) is 7. The SMILES string of the molecule is CN1CC(N2CC3(CCC(n4nc(-c5ccc(Oc6ccccc6)cc5)c5c(N)ncnc54)C3)C2)C1. The van der Waals surface area contributed by atoms with E-state index in [1.807, 2.05) is 54.6 Å². The van der Waals surface area contributed by atoms with E-state index in [0.717, 1.165) is 52.7 Å². The van der Waals surface area contributed by atoms with Gasteiger partial charge in [0, 0.05) is 37.8 Å². The van der Waals surface area contributed by atoms with E-state index in [4.69, 9.17) is 15.6 Å². The Labute approximate surface area is 210 Å². The first-order valence-corrected chi connectivity index (χ1v) is 12.8. The summed E-state index contributed by atoms with van der Waals surface area (Å²) in [6.07, 6.45) is 5.08. The summed E-state index contributed by atoms with van der Waals surface area (Å²) in [5, 5.41) is 5.94. The van der Waals surface area contributed by atoms with E-state index in [1.54, 1.807) is 6.33 Å². The molecule has 4 heterocycles. The lowest BCUT2D eigenvalue weighted by molar-refractivity contribution is -0.0729. The highest BCUT2D eigenvalue weighted by Gasteiger charge is 2.51. The van der Waals surface area contributed by atoms with E-state index in [9.17, 15) is 0 Å². The van der Waals surface area contributed by atoms with E-state index < -0.39 is 0 Å². The van der Waals surface area contributed by atoms with Crippen LogP contribution in [0.2, 0.25) is 0 Å². The van der Waals surface area contributed by atoms with Gasteiger partial charge in [0.15, 0.2) is 5.65 Å². The van der Waals surface area contributed by atoms with Crippen LogP contribution in [0.15, 0.2) is 60.9 Å². The molecule has 2 N–H and O–H groups in total. The molecule has 1 atom stereocenters. The molecule has 2 aromatic heterocycles. The topological polar surface area (TPSA) is 85.3 Å². The Morgan fingerprint density at radius 1 is 0.944 bits per heavy atom. The van der Waals surface area contributed by atoms with Crippen LogP contribution in [0.4, 0.5) is 5.82 Å². The van der Waals surface area contributed by atoms with Gasteiger partial charge in [-0.25, -0.2) is 14.6 Å². The summed E-state index contributed by atoms with van der Waals surface area (Å²) in [5.74, 6) is 2.07. The first-order valence-electron chi connectivity index (χ1n) is 12.8. The average Bonchev–Trinajstić information content (AvgIpc) is 3.46. The molecule has 0 amide bonds. The Balaban J connectivity index is 1.15. The van der Waals surface area contributed by atoms with Gasteiger partial charge in [0.05, 0.1) is 11.4 Å². The second-order valence-electron chi connectivity index (χ2n) is 10.9. The molecule has 3 fully saturated rings. The lowest BCUT2D eigenvalue weighted by Crippen LogP contribution is -2.67. The number of rotatable bonds is 5. The molecule has 184 valence electrons. The van der Waals surface area contributed by atoms with Crippen LogP contribution >= 0.6 is 0 Å². The molecule has 1 spiro atoms. The normalized spacial score (nSPS) is 22.1. The number of para-hydroxylation sites is 1. The summed E-state index contributed by atoms with van der Waals surface area (Å²) in [5.41, 5.74) is 9.45. The fraction of sp³-hybridized carbons (Fsp3) is 0.393. The summed E-state index contributed by atoms with van der Waals surface area (Å²) in [6.45, 7) is 4.85. The number of anilines is 1. The third-order valence-corrected chi connectivity index (χ3v) is 8.29. The van der Waals surface area contributed by atoms with Crippen molar-refractivity contribution in [2.24, 2.45) is 5.41 Å². The minimum Gasteiger partial charge on any atom is -0.457 e. The maximum Gasteiger partial charge on any atom is 0.164 e. The standard InChI is InChI=1S/C28H31N7O/c1-33-14-21(15-33)34-16-28(17-34)12-11-20(13-28)35-27-24(26(29)30-18-31-27)25(32-35)19-7-9-23(10-8-19)36-22-5-3-2-4-6-22/h2-10,18,20-21H,11-17H2,1H3,(H2,29,30,31). The molecule has 3 aliphatic rings. The van der Waals surface area contributed by atoms with Gasteiger partial charge < -0.3 is 15.4 Å². The molecule has 1 aliphatic carbocycles. The van der Waals surface area contributed by atoms with E-state index in [2.05, 4.69) is 31.5 Å². The predicted molar refractivity (Wildman–Crippen MR) is 140 cm³/mol. The molecule has 2 aliphatic heterocycles. The highest BCUT2D eigenvalue weighted by Crippen LogP contribution is 2.51. The molecule has 0 radical (unpaired) electrons. The van der Waals surface area contributed by atoms with Gasteiger partial charge in [-0.3, -0.25) is 4.90 Å². The molecular formula is C28H31N7O. The highest BCUT2D eigenvalue weighted by molar-refractivity contribution is 5.98. The quantitative estimate of drug-likeness (QED) is 0.457. The van der Waals surface area contributed by atoms with Crippen LogP contribution in [0.5, 0.6) is 11.5 Å². The number of likely N-dealkylation sites (tertiary alicyclic amines) is 2. The van der Waals surface area contributed by atoms with Gasteiger partial charge in [-0.05, 0) is 68.1 Å². The average molecular weight is 482 g/mol. The predicted octanol–water partition coefficient (Wildman–Crippen LogP) is 4.21. The van der Waals surface area contributed by atoms with Crippen LogP contribution in [-0.2, 0) is 0 Å². The first-order chi connectivity index (χ1) is 17.6. The number of nitrogen functional groups attached to an aromatic ring is 1. The van der Waals surface area contributed by atoms with Gasteiger partial charge in [-0.1, -0.05) is 18.2 Å². The van der Waals surface area contributed by atoms with Crippen molar-refractivity contribution in [1.29, 1.82) is 0 Å². The number of benzene rings is 2. The number of ether oxygens (including phenoxy) is 1. The zero-order valence-corrected chi connectivity index (χ0v) is 20.5. The summed E-state index contributed by atoms with van der Waals surface area (Å²) in [4.78, 5) is 14.0. The molecule has 8 heteroatoms. The van der Waals surface area contributed by atoms with E-state index in [0.29, 0.717) is 17.3 Å². The number of nitrogens with two attached hydrogens (primary N) is 1. The van der Waals surface area contributed by atoms with E-state index in [-0.39, 0.29) is 0 Å². The fourth-order valence-corrected chi connectivity index (χ4v) is 6.40. The number of fused-ring (bicyclic) bond motifs is 1. The van der Waals surface area contributed by atoms with Crippen molar-refractivity contribution >= 4 is 16.9 Å². The Kier molecular flexibility index (Phi) is 5.01. The maximum absolute atomic E-state index is 6.37. The van der Waals surface area contributed by atoms with Crippen LogP contribution in [0.3, 0.4) is 0 Å². The minimum absolute atomic E-state index is 0.336. The zero-order valence-electron chi connectivity index (χ0n) is 20.5. The van der Waals surface area contributed by atoms with Gasteiger partial charge in [0.1, 0.15) is 29.3 Å². The Bertz CT molecular complexity index is 1390. The largest absolute Gasteiger partial charge is 0.457 e. The van der Waals surface area contributed by atoms with Crippen molar-refractivity contribution < 1.29 is 4.74 Å². The lowest BCUT2D eigenvalue weighted by atomic mass is 9.76. The lowest BCUT2D eigenvalue weighted by Gasteiger charge is -2.56. The number of aromatic nitrogens is 4. The molecule has 7 rings (SSSR count). The second kappa shape index (κ2) is 8.28. The molecule has 0 bridgehead atoms. The van der Waals surface area contributed by atoms with E-state index >= 15 is 0 Å². The Hall–Kier alpha value is -3.49. The summed E-state index contributed by atoms with van der Waals surface area (Å²) in [7, 11) is 2.20. The number of nitrogens with zero attached hydrogens (tertiary/aromatic N) is 6. The molecule has 1 saturated carbocycles. The maximum atomic E-state index is 6.37. The molecule has 4 aromatic rings. The number of likely N-dealkylation sites (N-methyl/N-ethyl adjacent to an activating group) is 1. The third kappa shape index (κ3) is 3.63. The zero-order chi connectivity index (χ0) is 24.3. The minimum atomic E-state index is 0.336. The van der Waals surface area contributed by atoms with Crippen molar-refractivity contribution in [3.63, 3.8) is 0 Å². The molecule has 36 heavy (non-hydrogen) atoms. The summed E-state index contributed by atoms with van der Waals surface area (Å²) in [6, 6.07) is 18.9. The van der Waals surface area contributed by atoms with Crippen molar-refractivity contribution in [2.45, 2.75) is 31.3 Å². The molecule has 1 unspecified atom stereocenters. The Morgan fingerprint density at radius 2 is 1.69 bits per heavy atom.